The van der Waals surface area contributed by atoms with Gasteiger partial charge in [-0.3, -0.25) is 0 Å². The molecule has 2 aliphatic rings. The fourth-order valence-corrected chi connectivity index (χ4v) is 10.2. The average molecular weight is 869 g/mol. The molecule has 0 spiro atoms. The summed E-state index contributed by atoms with van der Waals surface area (Å²) in [5.74, 6) is 0. The van der Waals surface area contributed by atoms with Gasteiger partial charge in [0, 0.05) is 28.1 Å². The maximum atomic E-state index is 10.00. The Kier molecular flexibility index (Phi) is 8.94. The summed E-state index contributed by atoms with van der Waals surface area (Å²) in [4.78, 5) is 4.79. The minimum absolute atomic E-state index is 0.0570. The van der Waals surface area contributed by atoms with E-state index in [1.165, 1.54) is 22.3 Å². The number of benzene rings is 7. The quantitative estimate of drug-likeness (QED) is 0.164. The fourth-order valence-electron chi connectivity index (χ4n) is 10.2. The van der Waals surface area contributed by atoms with Gasteiger partial charge in [0.2, 0.25) is 0 Å². The maximum Gasteiger partial charge on any atom is 0.297 e. The number of nitrogens with zero attached hydrogens (tertiary/aromatic N) is 2. The summed E-state index contributed by atoms with van der Waals surface area (Å²) in [6, 6.07) is 40.5. The van der Waals surface area contributed by atoms with Gasteiger partial charge in [0.25, 0.3) is 6.71 Å². The van der Waals surface area contributed by atoms with Crippen LogP contribution in [0.4, 0.5) is 34.1 Å². The third kappa shape index (κ3) is 7.29. The van der Waals surface area contributed by atoms with Gasteiger partial charge >= 0.3 is 0 Å². The molecule has 8 aromatic rings. The van der Waals surface area contributed by atoms with E-state index in [4.69, 9.17) is 4.42 Å². The molecule has 0 unspecified atom stereocenters. The highest BCUT2D eigenvalue weighted by atomic mass is 16.3. The number of furan rings is 1. The van der Waals surface area contributed by atoms with Crippen molar-refractivity contribution in [3.63, 3.8) is 0 Å². The fraction of sp³-hybridized carbons (Fsp3) is 0.290. The Balaban J connectivity index is 1.40. The van der Waals surface area contributed by atoms with E-state index in [2.05, 4.69) is 192 Å². The smallest absolute Gasteiger partial charge is 0.297 e. The predicted octanol–water partition coefficient (Wildman–Crippen LogP) is 15.7. The maximum absolute atomic E-state index is 10.00. The van der Waals surface area contributed by atoms with E-state index in [-0.39, 0.29) is 52.5 Å². The van der Waals surface area contributed by atoms with Gasteiger partial charge < -0.3 is 14.2 Å². The van der Waals surface area contributed by atoms with E-state index >= 15 is 0 Å². The Morgan fingerprint density at radius 3 is 1.64 bits per heavy atom. The van der Waals surface area contributed by atoms with Crippen molar-refractivity contribution in [1.29, 1.82) is 0 Å². The molecule has 4 heteroatoms. The minimum atomic E-state index is -0.333. The summed E-state index contributed by atoms with van der Waals surface area (Å²) < 4.78 is 45.5. The van der Waals surface area contributed by atoms with Crippen molar-refractivity contribution >= 4 is 68.4 Å². The Morgan fingerprint density at radius 2 is 1.03 bits per heavy atom. The van der Waals surface area contributed by atoms with Crippen LogP contribution in [-0.2, 0) is 21.7 Å². The van der Waals surface area contributed by atoms with Crippen LogP contribution in [0.25, 0.3) is 33.2 Å². The molecule has 7 aromatic carbocycles. The molecule has 66 heavy (non-hydrogen) atoms. The zero-order valence-corrected chi connectivity index (χ0v) is 41.3. The largest absolute Gasteiger partial charge is 0.468 e. The molecule has 3 nitrogen and oxygen atoms in total. The van der Waals surface area contributed by atoms with Crippen molar-refractivity contribution in [3.05, 3.63) is 173 Å². The van der Waals surface area contributed by atoms with Gasteiger partial charge in [0.05, 0.1) is 22.5 Å². The number of hydrogen-bond donors (Lipinski definition) is 0. The highest BCUT2D eigenvalue weighted by Gasteiger charge is 2.48. The van der Waals surface area contributed by atoms with E-state index in [0.717, 1.165) is 72.8 Å². The number of aryl methyl sites for hydroxylation is 2. The van der Waals surface area contributed by atoms with Gasteiger partial charge in [-0.2, -0.15) is 0 Å². The Labute approximate surface area is 400 Å². The molecule has 0 fully saturated rings. The third-order valence-electron chi connectivity index (χ3n) is 13.9. The van der Waals surface area contributed by atoms with Crippen LogP contribution in [0.3, 0.4) is 0 Å². The Morgan fingerprint density at radius 1 is 0.485 bits per heavy atom. The summed E-state index contributed by atoms with van der Waals surface area (Å²) in [5, 5.41) is 1.01. The molecule has 0 bridgehead atoms. The van der Waals surface area contributed by atoms with E-state index in [0.29, 0.717) is 22.3 Å². The van der Waals surface area contributed by atoms with Gasteiger partial charge in [-0.1, -0.05) is 174 Å². The van der Waals surface area contributed by atoms with Crippen LogP contribution >= 0.6 is 0 Å². The van der Waals surface area contributed by atoms with Gasteiger partial charge in [-0.25, -0.2) is 0 Å². The lowest BCUT2D eigenvalue weighted by atomic mass is 9.35. The normalized spacial score (nSPS) is 14.7. The van der Waals surface area contributed by atoms with Crippen molar-refractivity contribution in [2.75, 3.05) is 9.80 Å². The first-order valence-electron chi connectivity index (χ1n) is 25.6. The van der Waals surface area contributed by atoms with Gasteiger partial charge in [-0.05, 0) is 151 Å². The lowest BCUT2D eigenvalue weighted by Gasteiger charge is -2.44. The van der Waals surface area contributed by atoms with Crippen molar-refractivity contribution in [2.45, 2.75) is 119 Å². The highest BCUT2D eigenvalue weighted by Crippen LogP contribution is 2.50. The number of rotatable bonds is 4. The van der Waals surface area contributed by atoms with Crippen LogP contribution in [0.1, 0.15) is 122 Å². The Hall–Kier alpha value is -6.26. The zero-order valence-electron chi connectivity index (χ0n) is 45.3. The second-order valence-corrected chi connectivity index (χ2v) is 23.0. The van der Waals surface area contributed by atoms with Crippen LogP contribution in [0.15, 0.2) is 144 Å². The number of anilines is 6. The molecule has 0 atom stereocenters. The molecule has 0 N–H and O–H groups in total. The van der Waals surface area contributed by atoms with Crippen molar-refractivity contribution in [2.24, 2.45) is 0 Å². The van der Waals surface area contributed by atoms with Crippen molar-refractivity contribution in [3.8, 4) is 22.3 Å². The van der Waals surface area contributed by atoms with E-state index in [1.54, 1.807) is 0 Å². The van der Waals surface area contributed by atoms with E-state index in [9.17, 15) is 5.48 Å². The molecular formula is C62H65BN2O. The highest BCUT2D eigenvalue weighted by molar-refractivity contribution is 7.00. The molecule has 0 saturated heterocycles. The predicted molar refractivity (Wildman–Crippen MR) is 285 cm³/mol. The molecule has 332 valence electrons. The summed E-state index contributed by atoms with van der Waals surface area (Å²) in [6.45, 7) is 31.2. The third-order valence-corrected chi connectivity index (χ3v) is 13.9. The van der Waals surface area contributed by atoms with Crippen molar-refractivity contribution in [1.82, 2.24) is 0 Å². The van der Waals surface area contributed by atoms with Crippen LogP contribution in [0.5, 0.6) is 0 Å². The second kappa shape index (κ2) is 15.1. The number of hydrogen-bond acceptors (Lipinski definition) is 3. The molecule has 10 rings (SSSR count). The first-order valence-corrected chi connectivity index (χ1v) is 23.6. The summed E-state index contributed by atoms with van der Waals surface area (Å²) in [7, 11) is 0. The van der Waals surface area contributed by atoms with Crippen LogP contribution in [-0.4, -0.2) is 6.71 Å². The molecule has 2 aliphatic heterocycles. The van der Waals surface area contributed by atoms with E-state index < -0.39 is 0 Å². The topological polar surface area (TPSA) is 19.6 Å². The van der Waals surface area contributed by atoms with Crippen LogP contribution in [0, 0.1) is 13.8 Å². The van der Waals surface area contributed by atoms with Gasteiger partial charge in [-0.15, -0.1) is 0 Å². The average Bonchev–Trinajstić information content (AvgIpc) is 3.66. The van der Waals surface area contributed by atoms with Crippen molar-refractivity contribution < 1.29 is 9.90 Å². The second-order valence-electron chi connectivity index (χ2n) is 23.0. The molecule has 0 saturated carbocycles. The van der Waals surface area contributed by atoms with Gasteiger partial charge in [0.15, 0.2) is 0 Å². The molecule has 0 radical (unpaired) electrons. The zero-order chi connectivity index (χ0) is 50.3. The molecule has 1 aromatic heterocycles. The van der Waals surface area contributed by atoms with E-state index in [1.807, 2.05) is 30.3 Å². The SMILES string of the molecule is [2H]c1c([2H])c(-c2ccccc2)c([2H])c(-c2cc3c4c(c2)N(c2ccc(C(C)(C)C)cc2)c2c(oc5ccc(C(C)(C)C)cc25)B4c2cc(C(C)(C)C)ccc2N3c2c(C)cc(C(C)(C)C)cc2C)c1[2H]. The molecule has 0 amide bonds. The first-order chi connectivity index (χ1) is 32.8. The standard InChI is InChI=1S/C62H65BN2O/c1-38-31-47(62(12,13)14)32-39(2)56(38)65-51-29-25-46(61(9,10)11)37-50(51)63-55-52(34-43(35-53(55)65)42-22-18-21-41(33-42)40-19-16-15-17-20-40)64(48-27-23-44(24-28-48)59(3,4)5)57-49-36-45(60(6,7)8)26-30-54(49)66-58(57)63/h15-37H,1-14H3/i18D,21D,22D,33D. The summed E-state index contributed by atoms with van der Waals surface area (Å²) in [6.07, 6.45) is 0. The summed E-state index contributed by atoms with van der Waals surface area (Å²) >= 11 is 0. The van der Waals surface area contributed by atoms with Crippen LogP contribution < -0.4 is 26.4 Å². The van der Waals surface area contributed by atoms with Crippen LogP contribution in [0.2, 0.25) is 0 Å². The first kappa shape index (κ1) is 39.0. The van der Waals surface area contributed by atoms with Gasteiger partial charge in [0.1, 0.15) is 5.58 Å². The molecular weight excluding hydrogens is 800 g/mol. The minimum Gasteiger partial charge on any atom is -0.468 e. The summed E-state index contributed by atoms with van der Waals surface area (Å²) in [5.41, 5.74) is 18.5. The number of fused-ring (bicyclic) bond motifs is 6. The molecule has 3 heterocycles. The molecule has 0 aliphatic carbocycles. The lowest BCUT2D eigenvalue weighted by Crippen LogP contribution is -2.61. The lowest BCUT2D eigenvalue weighted by molar-refractivity contribution is 0.589. The Bertz CT molecular complexity index is 3410. The monoisotopic (exact) mass is 869 g/mol.